The summed E-state index contributed by atoms with van der Waals surface area (Å²) in [5.41, 5.74) is 2.78. The van der Waals surface area contributed by atoms with Crippen molar-refractivity contribution in [3.8, 4) is 0 Å². The quantitative estimate of drug-likeness (QED) is 0.743. The summed E-state index contributed by atoms with van der Waals surface area (Å²) in [6.45, 7) is 5.62. The van der Waals surface area contributed by atoms with E-state index in [0.717, 1.165) is 21.7 Å². The van der Waals surface area contributed by atoms with Crippen LogP contribution in [-0.4, -0.2) is 23.6 Å². The highest BCUT2D eigenvalue weighted by molar-refractivity contribution is 8.00. The number of anilines is 1. The Morgan fingerprint density at radius 1 is 1.08 bits per heavy atom. The second-order valence-corrected chi connectivity index (χ2v) is 7.60. The molecule has 132 valence electrons. The van der Waals surface area contributed by atoms with E-state index in [1.807, 2.05) is 44.2 Å². The molecular formula is C19H21ClN2O2S. The van der Waals surface area contributed by atoms with Gasteiger partial charge in [-0.05, 0) is 56.2 Å². The van der Waals surface area contributed by atoms with Crippen molar-refractivity contribution < 1.29 is 9.59 Å². The van der Waals surface area contributed by atoms with Gasteiger partial charge in [-0.3, -0.25) is 9.59 Å². The molecule has 0 unspecified atom stereocenters. The molecule has 1 atom stereocenters. The Hall–Kier alpha value is -1.98. The van der Waals surface area contributed by atoms with Gasteiger partial charge < -0.3 is 10.6 Å². The first-order valence-electron chi connectivity index (χ1n) is 7.93. The lowest BCUT2D eigenvalue weighted by molar-refractivity contribution is -0.123. The zero-order chi connectivity index (χ0) is 18.4. The molecular weight excluding hydrogens is 356 g/mol. The maximum Gasteiger partial charge on any atom is 0.243 e. The Labute approximate surface area is 157 Å². The first-order valence-corrected chi connectivity index (χ1v) is 9.18. The Balaban J connectivity index is 1.84. The molecule has 0 fully saturated rings. The lowest BCUT2D eigenvalue weighted by Gasteiger charge is -2.14. The highest BCUT2D eigenvalue weighted by Gasteiger charge is 2.16. The molecule has 2 N–H and O–H groups in total. The molecule has 0 radical (unpaired) electrons. The molecule has 2 aromatic carbocycles. The van der Waals surface area contributed by atoms with Gasteiger partial charge in [0.15, 0.2) is 0 Å². The van der Waals surface area contributed by atoms with E-state index < -0.39 is 0 Å². The maximum absolute atomic E-state index is 12.2. The zero-order valence-electron chi connectivity index (χ0n) is 14.4. The van der Waals surface area contributed by atoms with Gasteiger partial charge in [0.1, 0.15) is 0 Å². The van der Waals surface area contributed by atoms with Gasteiger partial charge >= 0.3 is 0 Å². The van der Waals surface area contributed by atoms with Crippen molar-refractivity contribution in [2.45, 2.75) is 30.9 Å². The van der Waals surface area contributed by atoms with E-state index in [4.69, 9.17) is 11.6 Å². The summed E-state index contributed by atoms with van der Waals surface area (Å²) < 4.78 is 0. The molecule has 0 aliphatic carbocycles. The molecule has 25 heavy (non-hydrogen) atoms. The van der Waals surface area contributed by atoms with Crippen LogP contribution in [0.25, 0.3) is 0 Å². The summed E-state index contributed by atoms with van der Waals surface area (Å²) in [4.78, 5) is 25.2. The number of para-hydroxylation sites is 1. The van der Waals surface area contributed by atoms with Gasteiger partial charge in [0, 0.05) is 15.6 Å². The van der Waals surface area contributed by atoms with Gasteiger partial charge in [-0.25, -0.2) is 0 Å². The topological polar surface area (TPSA) is 58.2 Å². The fraction of sp³-hybridized carbons (Fsp3) is 0.263. The molecule has 4 nitrogen and oxygen atoms in total. The van der Waals surface area contributed by atoms with Gasteiger partial charge in [-0.1, -0.05) is 29.8 Å². The van der Waals surface area contributed by atoms with Crippen LogP contribution in [0, 0.1) is 13.8 Å². The SMILES string of the molecule is Cc1cccc(C)c1NC(=O)CNC(=O)[C@H](C)Sc1ccc(Cl)cc1. The van der Waals surface area contributed by atoms with E-state index in [-0.39, 0.29) is 23.6 Å². The molecule has 0 saturated heterocycles. The summed E-state index contributed by atoms with van der Waals surface area (Å²) >= 11 is 7.27. The monoisotopic (exact) mass is 376 g/mol. The van der Waals surface area contributed by atoms with Crippen molar-refractivity contribution in [3.63, 3.8) is 0 Å². The van der Waals surface area contributed by atoms with Crippen molar-refractivity contribution >= 4 is 40.9 Å². The van der Waals surface area contributed by atoms with Crippen molar-refractivity contribution in [2.75, 3.05) is 11.9 Å². The van der Waals surface area contributed by atoms with Crippen LogP contribution in [0.15, 0.2) is 47.4 Å². The lowest BCUT2D eigenvalue weighted by atomic mass is 10.1. The first kappa shape index (κ1) is 19.3. The molecule has 6 heteroatoms. The van der Waals surface area contributed by atoms with Crippen molar-refractivity contribution in [1.82, 2.24) is 5.32 Å². The van der Waals surface area contributed by atoms with E-state index in [0.29, 0.717) is 5.02 Å². The Morgan fingerprint density at radius 3 is 2.28 bits per heavy atom. The van der Waals surface area contributed by atoms with Gasteiger partial charge in [-0.15, -0.1) is 11.8 Å². The third-order valence-electron chi connectivity index (χ3n) is 3.66. The van der Waals surface area contributed by atoms with Gasteiger partial charge in [0.2, 0.25) is 11.8 Å². The van der Waals surface area contributed by atoms with Crippen LogP contribution in [0.5, 0.6) is 0 Å². The molecule has 2 rings (SSSR count). The van der Waals surface area contributed by atoms with Crippen LogP contribution in [0.3, 0.4) is 0 Å². The van der Waals surface area contributed by atoms with E-state index in [2.05, 4.69) is 10.6 Å². The number of carbonyl (C=O) groups excluding carboxylic acids is 2. The fourth-order valence-corrected chi connectivity index (χ4v) is 3.29. The molecule has 0 spiro atoms. The minimum Gasteiger partial charge on any atom is -0.346 e. The average molecular weight is 377 g/mol. The number of carbonyl (C=O) groups is 2. The van der Waals surface area contributed by atoms with Crippen LogP contribution in [0.4, 0.5) is 5.69 Å². The minimum absolute atomic E-state index is 0.0574. The summed E-state index contributed by atoms with van der Waals surface area (Å²) in [7, 11) is 0. The van der Waals surface area contributed by atoms with E-state index in [1.54, 1.807) is 19.1 Å². The van der Waals surface area contributed by atoms with E-state index in [1.165, 1.54) is 11.8 Å². The minimum atomic E-state index is -0.311. The first-order chi connectivity index (χ1) is 11.9. The number of nitrogens with one attached hydrogen (secondary N) is 2. The summed E-state index contributed by atoms with van der Waals surface area (Å²) in [6.07, 6.45) is 0. The van der Waals surface area contributed by atoms with Crippen LogP contribution in [0.1, 0.15) is 18.1 Å². The second-order valence-electron chi connectivity index (χ2n) is 5.75. The summed E-state index contributed by atoms with van der Waals surface area (Å²) in [5, 5.41) is 5.87. The van der Waals surface area contributed by atoms with Crippen molar-refractivity contribution in [3.05, 3.63) is 58.6 Å². The van der Waals surface area contributed by atoms with Crippen LogP contribution < -0.4 is 10.6 Å². The number of rotatable bonds is 6. The van der Waals surface area contributed by atoms with Crippen LogP contribution in [0.2, 0.25) is 5.02 Å². The van der Waals surface area contributed by atoms with Crippen LogP contribution in [-0.2, 0) is 9.59 Å². The lowest BCUT2D eigenvalue weighted by Crippen LogP contribution is -2.37. The van der Waals surface area contributed by atoms with E-state index >= 15 is 0 Å². The van der Waals surface area contributed by atoms with Crippen LogP contribution >= 0.6 is 23.4 Å². The third-order valence-corrected chi connectivity index (χ3v) is 5.03. The van der Waals surface area contributed by atoms with Gasteiger partial charge in [0.05, 0.1) is 11.8 Å². The molecule has 0 aliphatic heterocycles. The number of amides is 2. The Bertz CT molecular complexity index is 742. The summed E-state index contributed by atoms with van der Waals surface area (Å²) in [5.74, 6) is -0.425. The maximum atomic E-state index is 12.2. The smallest absolute Gasteiger partial charge is 0.243 e. The molecule has 2 aromatic rings. The number of hydrogen-bond donors (Lipinski definition) is 2. The zero-order valence-corrected chi connectivity index (χ0v) is 16.0. The van der Waals surface area contributed by atoms with E-state index in [9.17, 15) is 9.59 Å². The number of benzene rings is 2. The fourth-order valence-electron chi connectivity index (χ4n) is 2.28. The highest BCUT2D eigenvalue weighted by atomic mass is 35.5. The van der Waals surface area contributed by atoms with Crippen molar-refractivity contribution in [1.29, 1.82) is 0 Å². The second kappa shape index (κ2) is 8.92. The molecule has 0 saturated carbocycles. The highest BCUT2D eigenvalue weighted by Crippen LogP contribution is 2.24. The predicted molar refractivity (Wildman–Crippen MR) is 104 cm³/mol. The van der Waals surface area contributed by atoms with Crippen molar-refractivity contribution in [2.24, 2.45) is 0 Å². The van der Waals surface area contributed by atoms with Gasteiger partial charge in [0.25, 0.3) is 0 Å². The molecule has 0 bridgehead atoms. The summed E-state index contributed by atoms with van der Waals surface area (Å²) in [6, 6.07) is 13.1. The predicted octanol–water partition coefficient (Wildman–Crippen LogP) is 4.19. The standard InChI is InChI=1S/C19H21ClN2O2S/c1-12-5-4-6-13(2)18(12)22-17(23)11-21-19(24)14(3)25-16-9-7-15(20)8-10-16/h4-10,14H,11H2,1-3H3,(H,21,24)(H,22,23)/t14-/m0/s1. The number of halogens is 1. The number of thioether (sulfide) groups is 1. The largest absolute Gasteiger partial charge is 0.346 e. The Kier molecular flexibility index (Phi) is 6.91. The normalized spacial score (nSPS) is 11.7. The number of hydrogen-bond acceptors (Lipinski definition) is 3. The number of aryl methyl sites for hydroxylation is 2. The Morgan fingerprint density at radius 2 is 1.68 bits per heavy atom. The average Bonchev–Trinajstić information content (AvgIpc) is 2.58. The molecule has 0 heterocycles. The van der Waals surface area contributed by atoms with Gasteiger partial charge in [-0.2, -0.15) is 0 Å². The molecule has 0 aromatic heterocycles. The molecule has 0 aliphatic rings. The third kappa shape index (κ3) is 5.80. The molecule has 2 amide bonds.